The SMILES string of the molecule is CC1CC(=O)C=C(C(C)C)C1. The minimum Gasteiger partial charge on any atom is -0.295 e. The van der Waals surface area contributed by atoms with E-state index in [0.29, 0.717) is 17.6 Å². The summed E-state index contributed by atoms with van der Waals surface area (Å²) >= 11 is 0. The van der Waals surface area contributed by atoms with E-state index in [9.17, 15) is 4.79 Å². The molecule has 0 radical (unpaired) electrons. The Kier molecular flexibility index (Phi) is 2.48. The molecule has 62 valence electrons. The normalized spacial score (nSPS) is 25.6. The highest BCUT2D eigenvalue weighted by atomic mass is 16.1. The number of hydrogen-bond donors (Lipinski definition) is 0. The van der Waals surface area contributed by atoms with E-state index in [4.69, 9.17) is 0 Å². The molecule has 0 saturated heterocycles. The predicted molar refractivity (Wildman–Crippen MR) is 46.3 cm³/mol. The van der Waals surface area contributed by atoms with Crippen molar-refractivity contribution >= 4 is 5.78 Å². The molecule has 1 nitrogen and oxygen atoms in total. The third kappa shape index (κ3) is 2.18. The lowest BCUT2D eigenvalue weighted by atomic mass is 9.84. The second-order valence-electron chi connectivity index (χ2n) is 3.85. The first kappa shape index (κ1) is 8.51. The molecular formula is C10H16O. The number of ketones is 1. The number of rotatable bonds is 1. The van der Waals surface area contributed by atoms with Crippen LogP contribution in [0.25, 0.3) is 0 Å². The Bertz CT molecular complexity index is 189. The first-order valence-electron chi connectivity index (χ1n) is 4.33. The van der Waals surface area contributed by atoms with Gasteiger partial charge in [-0.3, -0.25) is 4.79 Å². The monoisotopic (exact) mass is 152 g/mol. The van der Waals surface area contributed by atoms with Gasteiger partial charge >= 0.3 is 0 Å². The number of carbonyl (C=O) groups is 1. The molecule has 1 atom stereocenters. The maximum Gasteiger partial charge on any atom is 0.155 e. The topological polar surface area (TPSA) is 17.1 Å². The maximum absolute atomic E-state index is 11.1. The third-order valence-electron chi connectivity index (χ3n) is 2.22. The van der Waals surface area contributed by atoms with Crippen LogP contribution in [0.1, 0.15) is 33.6 Å². The van der Waals surface area contributed by atoms with Gasteiger partial charge in [0.25, 0.3) is 0 Å². The van der Waals surface area contributed by atoms with Gasteiger partial charge in [0.2, 0.25) is 0 Å². The average molecular weight is 152 g/mol. The predicted octanol–water partition coefficient (Wildman–Crippen LogP) is 2.57. The molecule has 11 heavy (non-hydrogen) atoms. The van der Waals surface area contributed by atoms with Crippen molar-refractivity contribution in [2.24, 2.45) is 11.8 Å². The lowest BCUT2D eigenvalue weighted by Gasteiger charge is -2.20. The van der Waals surface area contributed by atoms with Crippen LogP contribution in [0.5, 0.6) is 0 Å². The summed E-state index contributed by atoms with van der Waals surface area (Å²) in [5.74, 6) is 1.42. The fourth-order valence-corrected chi connectivity index (χ4v) is 1.54. The molecule has 0 heterocycles. The minimum atomic E-state index is 0.312. The average Bonchev–Trinajstić information content (AvgIpc) is 1.85. The molecule has 1 unspecified atom stereocenters. The zero-order valence-corrected chi connectivity index (χ0v) is 7.55. The Morgan fingerprint density at radius 1 is 1.45 bits per heavy atom. The summed E-state index contributed by atoms with van der Waals surface area (Å²) in [5.41, 5.74) is 1.33. The van der Waals surface area contributed by atoms with Crippen molar-refractivity contribution in [2.75, 3.05) is 0 Å². The largest absolute Gasteiger partial charge is 0.295 e. The van der Waals surface area contributed by atoms with Gasteiger partial charge in [0.1, 0.15) is 0 Å². The van der Waals surface area contributed by atoms with Gasteiger partial charge in [0.05, 0.1) is 0 Å². The summed E-state index contributed by atoms with van der Waals surface area (Å²) in [6, 6.07) is 0. The molecule has 0 bridgehead atoms. The molecule has 0 aromatic carbocycles. The van der Waals surface area contributed by atoms with E-state index in [1.807, 2.05) is 6.08 Å². The van der Waals surface area contributed by atoms with Crippen molar-refractivity contribution in [2.45, 2.75) is 33.6 Å². The molecule has 0 N–H and O–H groups in total. The summed E-state index contributed by atoms with van der Waals surface area (Å²) < 4.78 is 0. The van der Waals surface area contributed by atoms with E-state index < -0.39 is 0 Å². The van der Waals surface area contributed by atoms with Gasteiger partial charge in [-0.15, -0.1) is 0 Å². The van der Waals surface area contributed by atoms with E-state index in [0.717, 1.165) is 12.8 Å². The number of hydrogen-bond acceptors (Lipinski definition) is 1. The van der Waals surface area contributed by atoms with Crippen molar-refractivity contribution in [3.8, 4) is 0 Å². The fraction of sp³-hybridized carbons (Fsp3) is 0.700. The Labute approximate surface area is 68.5 Å². The molecule has 0 aromatic rings. The lowest BCUT2D eigenvalue weighted by molar-refractivity contribution is -0.115. The zero-order valence-electron chi connectivity index (χ0n) is 7.55. The molecular weight excluding hydrogens is 136 g/mol. The highest BCUT2D eigenvalue weighted by Crippen LogP contribution is 2.26. The summed E-state index contributed by atoms with van der Waals surface area (Å²) in [6.45, 7) is 6.45. The molecule has 0 fully saturated rings. The van der Waals surface area contributed by atoms with Crippen molar-refractivity contribution < 1.29 is 4.79 Å². The fourth-order valence-electron chi connectivity index (χ4n) is 1.54. The Balaban J connectivity index is 2.72. The molecule has 0 aliphatic heterocycles. The highest BCUT2D eigenvalue weighted by Gasteiger charge is 2.17. The molecule has 0 saturated carbocycles. The number of carbonyl (C=O) groups excluding carboxylic acids is 1. The Morgan fingerprint density at radius 2 is 2.09 bits per heavy atom. The van der Waals surface area contributed by atoms with Crippen molar-refractivity contribution in [3.63, 3.8) is 0 Å². The smallest absolute Gasteiger partial charge is 0.155 e. The summed E-state index contributed by atoms with van der Waals surface area (Å²) in [4.78, 5) is 11.1. The van der Waals surface area contributed by atoms with Crippen molar-refractivity contribution in [3.05, 3.63) is 11.6 Å². The zero-order chi connectivity index (χ0) is 8.43. The first-order valence-corrected chi connectivity index (χ1v) is 4.33. The van der Waals surface area contributed by atoms with Crippen molar-refractivity contribution in [1.82, 2.24) is 0 Å². The minimum absolute atomic E-state index is 0.312. The highest BCUT2D eigenvalue weighted by molar-refractivity contribution is 5.91. The second-order valence-corrected chi connectivity index (χ2v) is 3.85. The van der Waals surface area contributed by atoms with Crippen LogP contribution in [0.3, 0.4) is 0 Å². The lowest BCUT2D eigenvalue weighted by Crippen LogP contribution is -2.13. The summed E-state index contributed by atoms with van der Waals surface area (Å²) in [5, 5.41) is 0. The quantitative estimate of drug-likeness (QED) is 0.564. The van der Waals surface area contributed by atoms with Crippen molar-refractivity contribution in [1.29, 1.82) is 0 Å². The van der Waals surface area contributed by atoms with Crippen LogP contribution in [-0.2, 0) is 4.79 Å². The van der Waals surface area contributed by atoms with Gasteiger partial charge < -0.3 is 0 Å². The second kappa shape index (κ2) is 3.21. The first-order chi connectivity index (χ1) is 5.09. The van der Waals surface area contributed by atoms with Crippen LogP contribution in [0, 0.1) is 11.8 Å². The maximum atomic E-state index is 11.1. The Hall–Kier alpha value is -0.590. The van der Waals surface area contributed by atoms with Gasteiger partial charge in [-0.2, -0.15) is 0 Å². The molecule has 1 aliphatic rings. The molecule has 0 amide bonds. The van der Waals surface area contributed by atoms with Gasteiger partial charge in [-0.05, 0) is 24.3 Å². The van der Waals surface area contributed by atoms with Crippen LogP contribution < -0.4 is 0 Å². The van der Waals surface area contributed by atoms with E-state index in [2.05, 4.69) is 20.8 Å². The standard InChI is InChI=1S/C10H16O/c1-7(2)9-4-8(3)5-10(11)6-9/h6-8H,4-5H2,1-3H3. The molecule has 0 spiro atoms. The van der Waals surface area contributed by atoms with Gasteiger partial charge in [-0.25, -0.2) is 0 Å². The van der Waals surface area contributed by atoms with E-state index in [1.54, 1.807) is 0 Å². The van der Waals surface area contributed by atoms with Gasteiger partial charge in [0, 0.05) is 6.42 Å². The van der Waals surface area contributed by atoms with Crippen LogP contribution in [0.2, 0.25) is 0 Å². The van der Waals surface area contributed by atoms with Gasteiger partial charge in [-0.1, -0.05) is 26.3 Å². The van der Waals surface area contributed by atoms with E-state index >= 15 is 0 Å². The molecule has 1 heteroatoms. The molecule has 1 rings (SSSR count). The van der Waals surface area contributed by atoms with E-state index in [-0.39, 0.29) is 0 Å². The molecule has 0 aromatic heterocycles. The molecule has 1 aliphatic carbocycles. The summed E-state index contributed by atoms with van der Waals surface area (Å²) in [7, 11) is 0. The van der Waals surface area contributed by atoms with Gasteiger partial charge in [0.15, 0.2) is 5.78 Å². The third-order valence-corrected chi connectivity index (χ3v) is 2.22. The van der Waals surface area contributed by atoms with E-state index in [1.165, 1.54) is 5.57 Å². The Morgan fingerprint density at radius 3 is 2.55 bits per heavy atom. The number of allylic oxidation sites excluding steroid dienone is 2. The van der Waals surface area contributed by atoms with Crippen LogP contribution in [-0.4, -0.2) is 5.78 Å². The van der Waals surface area contributed by atoms with Crippen LogP contribution in [0.4, 0.5) is 0 Å². The van der Waals surface area contributed by atoms with Crippen LogP contribution in [0.15, 0.2) is 11.6 Å². The van der Waals surface area contributed by atoms with Crippen LogP contribution >= 0.6 is 0 Å². The summed E-state index contributed by atoms with van der Waals surface area (Å²) in [6.07, 6.45) is 3.70.